The van der Waals surface area contributed by atoms with E-state index in [1.54, 1.807) is 11.8 Å². The zero-order valence-electron chi connectivity index (χ0n) is 13.0. The van der Waals surface area contributed by atoms with Crippen molar-refractivity contribution in [1.29, 1.82) is 0 Å². The van der Waals surface area contributed by atoms with Crippen LogP contribution in [0, 0.1) is 5.92 Å². The molecule has 0 unspecified atom stereocenters. The number of rotatable bonds is 6. The number of hydrogen-bond acceptors (Lipinski definition) is 3. The molecule has 1 amide bonds. The number of nitrogens with zero attached hydrogens (tertiary/aromatic N) is 1. The van der Waals surface area contributed by atoms with Crippen molar-refractivity contribution < 1.29 is 4.79 Å². The zero-order chi connectivity index (χ0) is 14.3. The van der Waals surface area contributed by atoms with Gasteiger partial charge < -0.3 is 10.2 Å². The van der Waals surface area contributed by atoms with Gasteiger partial charge in [-0.25, -0.2) is 0 Å². The first-order chi connectivity index (χ1) is 8.92. The van der Waals surface area contributed by atoms with E-state index in [-0.39, 0.29) is 4.75 Å². The average Bonchev–Trinajstić information content (AvgIpc) is 2.36. The van der Waals surface area contributed by atoms with Crippen LogP contribution in [0.5, 0.6) is 0 Å². The van der Waals surface area contributed by atoms with Crippen LogP contribution in [0.2, 0.25) is 0 Å². The molecule has 1 aliphatic heterocycles. The fourth-order valence-corrected chi connectivity index (χ4v) is 3.07. The summed E-state index contributed by atoms with van der Waals surface area (Å²) < 4.78 is 0.169. The van der Waals surface area contributed by atoms with Gasteiger partial charge in [0.2, 0.25) is 5.91 Å². The van der Waals surface area contributed by atoms with Crippen molar-refractivity contribution in [3.63, 3.8) is 0 Å². The topological polar surface area (TPSA) is 32.3 Å². The maximum atomic E-state index is 12.3. The van der Waals surface area contributed by atoms with Crippen LogP contribution in [0.15, 0.2) is 0 Å². The van der Waals surface area contributed by atoms with Gasteiger partial charge in [-0.2, -0.15) is 0 Å². The molecule has 1 saturated heterocycles. The molecule has 0 aromatic rings. The molecule has 0 bridgehead atoms. The third-order valence-electron chi connectivity index (χ3n) is 3.41. The quantitative estimate of drug-likeness (QED) is 0.815. The zero-order valence-corrected chi connectivity index (χ0v) is 13.8. The molecule has 19 heavy (non-hydrogen) atoms. The van der Waals surface area contributed by atoms with Gasteiger partial charge in [0.15, 0.2) is 0 Å². The number of nitrogens with one attached hydrogen (secondary N) is 1. The molecule has 1 heterocycles. The van der Waals surface area contributed by atoms with Crippen molar-refractivity contribution in [2.75, 3.05) is 31.9 Å². The minimum Gasteiger partial charge on any atom is -0.342 e. The first kappa shape index (κ1) is 16.8. The van der Waals surface area contributed by atoms with Crippen molar-refractivity contribution in [2.45, 2.75) is 51.7 Å². The Bertz CT molecular complexity index is 270. The van der Waals surface area contributed by atoms with Crippen molar-refractivity contribution in [3.8, 4) is 0 Å². The van der Waals surface area contributed by atoms with E-state index in [0.29, 0.717) is 17.6 Å². The van der Waals surface area contributed by atoms with Crippen molar-refractivity contribution in [3.05, 3.63) is 0 Å². The molecule has 0 aromatic carbocycles. The van der Waals surface area contributed by atoms with Crippen molar-refractivity contribution in [1.82, 2.24) is 10.2 Å². The van der Waals surface area contributed by atoms with Gasteiger partial charge in [-0.1, -0.05) is 27.7 Å². The van der Waals surface area contributed by atoms with Gasteiger partial charge in [0, 0.05) is 17.8 Å². The van der Waals surface area contributed by atoms with Crippen LogP contribution >= 0.6 is 11.8 Å². The maximum absolute atomic E-state index is 12.3. The second kappa shape index (κ2) is 8.15. The maximum Gasteiger partial charge on any atom is 0.232 e. The van der Waals surface area contributed by atoms with Crippen LogP contribution in [0.1, 0.15) is 47.0 Å². The van der Waals surface area contributed by atoms with E-state index in [1.165, 1.54) is 12.8 Å². The number of hydrogen-bond donors (Lipinski definition) is 1. The SMILES string of the molecule is CCCN(CC1CCNCC1)C(=O)CSC(C)(C)C. The molecule has 0 radical (unpaired) electrons. The summed E-state index contributed by atoms with van der Waals surface area (Å²) in [4.78, 5) is 14.4. The molecule has 0 atom stereocenters. The summed E-state index contributed by atoms with van der Waals surface area (Å²) in [5.41, 5.74) is 0. The lowest BCUT2D eigenvalue weighted by Crippen LogP contribution is -2.40. The Labute approximate surface area is 122 Å². The lowest BCUT2D eigenvalue weighted by molar-refractivity contribution is -0.129. The molecule has 1 N–H and O–H groups in total. The highest BCUT2D eigenvalue weighted by atomic mass is 32.2. The predicted molar refractivity (Wildman–Crippen MR) is 84.7 cm³/mol. The van der Waals surface area contributed by atoms with Gasteiger partial charge >= 0.3 is 0 Å². The fraction of sp³-hybridized carbons (Fsp3) is 0.933. The monoisotopic (exact) mass is 286 g/mol. The molecule has 1 rings (SSSR count). The van der Waals surface area contributed by atoms with E-state index >= 15 is 0 Å². The highest BCUT2D eigenvalue weighted by molar-refractivity contribution is 8.01. The van der Waals surface area contributed by atoms with Crippen LogP contribution in [-0.4, -0.2) is 47.5 Å². The predicted octanol–water partition coefficient (Wildman–Crippen LogP) is 2.76. The van der Waals surface area contributed by atoms with Gasteiger partial charge in [0.05, 0.1) is 5.75 Å². The normalized spacial score (nSPS) is 17.5. The van der Waals surface area contributed by atoms with Crippen molar-refractivity contribution in [2.24, 2.45) is 5.92 Å². The Balaban J connectivity index is 2.43. The molecule has 3 nitrogen and oxygen atoms in total. The van der Waals surface area contributed by atoms with E-state index in [4.69, 9.17) is 0 Å². The Kier molecular flexibility index (Phi) is 7.22. The average molecular weight is 286 g/mol. The summed E-state index contributed by atoms with van der Waals surface area (Å²) in [5, 5.41) is 3.39. The van der Waals surface area contributed by atoms with E-state index in [0.717, 1.165) is 32.6 Å². The van der Waals surface area contributed by atoms with Crippen LogP contribution in [0.4, 0.5) is 0 Å². The van der Waals surface area contributed by atoms with Gasteiger partial charge in [0.25, 0.3) is 0 Å². The summed E-state index contributed by atoms with van der Waals surface area (Å²) in [6.07, 6.45) is 3.47. The molecule has 1 aliphatic rings. The number of carbonyl (C=O) groups is 1. The summed E-state index contributed by atoms with van der Waals surface area (Å²) in [6, 6.07) is 0. The number of thioether (sulfide) groups is 1. The summed E-state index contributed by atoms with van der Waals surface area (Å²) in [5.74, 6) is 1.63. The Morgan fingerprint density at radius 1 is 1.32 bits per heavy atom. The molecule has 112 valence electrons. The summed E-state index contributed by atoms with van der Waals surface area (Å²) in [6.45, 7) is 12.7. The molecule has 1 fully saturated rings. The standard InChI is InChI=1S/C15H30N2OS/c1-5-10-17(11-13-6-8-16-9-7-13)14(18)12-19-15(2,3)4/h13,16H,5-12H2,1-4H3. The number of piperidine rings is 1. The summed E-state index contributed by atoms with van der Waals surface area (Å²) in [7, 11) is 0. The first-order valence-electron chi connectivity index (χ1n) is 7.55. The van der Waals surface area contributed by atoms with Gasteiger partial charge in [-0.15, -0.1) is 11.8 Å². The highest BCUT2D eigenvalue weighted by Gasteiger charge is 2.21. The third kappa shape index (κ3) is 7.21. The number of amides is 1. The van der Waals surface area contributed by atoms with Gasteiger partial charge in [-0.3, -0.25) is 4.79 Å². The largest absolute Gasteiger partial charge is 0.342 e. The molecule has 0 saturated carbocycles. The lowest BCUT2D eigenvalue weighted by Gasteiger charge is -2.30. The van der Waals surface area contributed by atoms with E-state index in [2.05, 4.69) is 37.9 Å². The second-order valence-electron chi connectivity index (χ2n) is 6.43. The van der Waals surface area contributed by atoms with Crippen molar-refractivity contribution >= 4 is 17.7 Å². The van der Waals surface area contributed by atoms with Gasteiger partial charge in [0.1, 0.15) is 0 Å². The fourth-order valence-electron chi connectivity index (χ4n) is 2.33. The minimum atomic E-state index is 0.169. The minimum absolute atomic E-state index is 0.169. The molecule has 0 aromatic heterocycles. The van der Waals surface area contributed by atoms with Crippen LogP contribution < -0.4 is 5.32 Å². The van der Waals surface area contributed by atoms with Crippen LogP contribution in [0.3, 0.4) is 0 Å². The van der Waals surface area contributed by atoms with Crippen LogP contribution in [0.25, 0.3) is 0 Å². The van der Waals surface area contributed by atoms with Gasteiger partial charge in [-0.05, 0) is 38.3 Å². The Morgan fingerprint density at radius 3 is 2.47 bits per heavy atom. The molecular formula is C15H30N2OS. The summed E-state index contributed by atoms with van der Waals surface area (Å²) >= 11 is 1.75. The molecule has 4 heteroatoms. The third-order valence-corrected chi connectivity index (χ3v) is 4.67. The highest BCUT2D eigenvalue weighted by Crippen LogP contribution is 2.23. The molecule has 0 aliphatic carbocycles. The molecule has 0 spiro atoms. The number of carbonyl (C=O) groups excluding carboxylic acids is 1. The van der Waals surface area contributed by atoms with Crippen LogP contribution in [-0.2, 0) is 4.79 Å². The Hall–Kier alpha value is -0.220. The first-order valence-corrected chi connectivity index (χ1v) is 8.53. The van der Waals surface area contributed by atoms with E-state index in [9.17, 15) is 4.79 Å². The smallest absolute Gasteiger partial charge is 0.232 e. The Morgan fingerprint density at radius 2 is 1.95 bits per heavy atom. The molecular weight excluding hydrogens is 256 g/mol. The van der Waals surface area contributed by atoms with E-state index in [1.807, 2.05) is 0 Å². The second-order valence-corrected chi connectivity index (χ2v) is 8.24. The lowest BCUT2D eigenvalue weighted by atomic mass is 9.97. The van der Waals surface area contributed by atoms with E-state index < -0.39 is 0 Å².